The van der Waals surface area contributed by atoms with Crippen molar-refractivity contribution in [2.24, 2.45) is 0 Å². The molecular formula is C14H18F2N2O. The summed E-state index contributed by atoms with van der Waals surface area (Å²) in [5.41, 5.74) is 0.127. The van der Waals surface area contributed by atoms with E-state index in [4.69, 9.17) is 0 Å². The average molecular weight is 268 g/mol. The van der Waals surface area contributed by atoms with E-state index >= 15 is 0 Å². The van der Waals surface area contributed by atoms with Crippen molar-refractivity contribution < 1.29 is 13.6 Å². The minimum absolute atomic E-state index is 0.0997. The number of nitrogens with zero attached hydrogens (tertiary/aromatic N) is 1. The van der Waals surface area contributed by atoms with Gasteiger partial charge in [0.05, 0.1) is 5.69 Å². The second-order valence-corrected chi connectivity index (χ2v) is 4.91. The largest absolute Gasteiger partial charge is 0.325 e. The normalized spacial score (nSPS) is 16.1. The summed E-state index contributed by atoms with van der Waals surface area (Å²) in [6.45, 7) is 2.82. The van der Waals surface area contributed by atoms with Gasteiger partial charge in [-0.15, -0.1) is 0 Å². The Morgan fingerprint density at radius 1 is 1.11 bits per heavy atom. The summed E-state index contributed by atoms with van der Waals surface area (Å²) in [4.78, 5) is 13.7. The van der Waals surface area contributed by atoms with Crippen LogP contribution in [0.5, 0.6) is 0 Å². The van der Waals surface area contributed by atoms with Crippen LogP contribution in [0.1, 0.15) is 31.2 Å². The fourth-order valence-corrected chi connectivity index (χ4v) is 2.21. The monoisotopic (exact) mass is 268 g/mol. The minimum atomic E-state index is -0.609. The molecule has 0 spiro atoms. The van der Waals surface area contributed by atoms with Crippen LogP contribution in [0.4, 0.5) is 19.3 Å². The zero-order chi connectivity index (χ0) is 13.8. The van der Waals surface area contributed by atoms with E-state index < -0.39 is 11.6 Å². The number of hydrogen-bond donors (Lipinski definition) is 1. The zero-order valence-electron chi connectivity index (χ0n) is 11.0. The third kappa shape index (κ3) is 3.43. The molecule has 1 aliphatic rings. The first kappa shape index (κ1) is 13.8. The molecule has 1 aromatic rings. The summed E-state index contributed by atoms with van der Waals surface area (Å²) in [6.07, 6.45) is 4.13. The zero-order valence-corrected chi connectivity index (χ0v) is 11.0. The molecule has 0 aromatic heterocycles. The molecule has 1 saturated heterocycles. The van der Waals surface area contributed by atoms with Crippen molar-refractivity contribution in [3.8, 4) is 0 Å². The maximum absolute atomic E-state index is 13.6. The topological polar surface area (TPSA) is 32.3 Å². The molecule has 0 bridgehead atoms. The van der Waals surface area contributed by atoms with Gasteiger partial charge in [0.1, 0.15) is 11.6 Å². The Kier molecular flexibility index (Phi) is 4.35. The van der Waals surface area contributed by atoms with Crippen LogP contribution < -0.4 is 5.32 Å². The van der Waals surface area contributed by atoms with E-state index in [2.05, 4.69) is 5.32 Å². The highest BCUT2D eigenvalue weighted by Crippen LogP contribution is 2.20. The van der Waals surface area contributed by atoms with Gasteiger partial charge in [0.25, 0.3) is 0 Å². The molecule has 19 heavy (non-hydrogen) atoms. The molecule has 0 saturated carbocycles. The van der Waals surface area contributed by atoms with E-state index in [1.54, 1.807) is 4.90 Å². The van der Waals surface area contributed by atoms with Crippen LogP contribution in [-0.4, -0.2) is 24.0 Å². The quantitative estimate of drug-likeness (QED) is 0.828. The lowest BCUT2D eigenvalue weighted by atomic mass is 10.2. The third-order valence-corrected chi connectivity index (χ3v) is 3.38. The van der Waals surface area contributed by atoms with Crippen LogP contribution in [0.2, 0.25) is 0 Å². The Labute approximate surface area is 111 Å². The van der Waals surface area contributed by atoms with Gasteiger partial charge in [0, 0.05) is 19.2 Å². The van der Waals surface area contributed by atoms with E-state index in [0.717, 1.165) is 37.8 Å². The first-order valence-corrected chi connectivity index (χ1v) is 6.59. The lowest BCUT2D eigenvalue weighted by Crippen LogP contribution is -2.35. The SMILES string of the molecule is Cc1cc(F)c(NC(=O)N2CCCCCC2)cc1F. The predicted octanol–water partition coefficient (Wildman–Crippen LogP) is 3.68. The van der Waals surface area contributed by atoms with Crippen molar-refractivity contribution in [2.75, 3.05) is 18.4 Å². The van der Waals surface area contributed by atoms with E-state index in [0.29, 0.717) is 13.1 Å². The van der Waals surface area contributed by atoms with Crippen molar-refractivity contribution in [2.45, 2.75) is 32.6 Å². The molecule has 1 fully saturated rings. The number of halogens is 2. The number of rotatable bonds is 1. The van der Waals surface area contributed by atoms with Gasteiger partial charge >= 0.3 is 6.03 Å². The third-order valence-electron chi connectivity index (χ3n) is 3.38. The Morgan fingerprint density at radius 2 is 1.74 bits per heavy atom. The lowest BCUT2D eigenvalue weighted by Gasteiger charge is -2.21. The Morgan fingerprint density at radius 3 is 2.37 bits per heavy atom. The highest BCUT2D eigenvalue weighted by atomic mass is 19.1. The molecule has 5 heteroatoms. The number of urea groups is 1. The lowest BCUT2D eigenvalue weighted by molar-refractivity contribution is 0.213. The highest BCUT2D eigenvalue weighted by Gasteiger charge is 2.17. The maximum Gasteiger partial charge on any atom is 0.321 e. The number of likely N-dealkylation sites (tertiary alicyclic amines) is 1. The molecule has 1 N–H and O–H groups in total. The van der Waals surface area contributed by atoms with E-state index in [1.807, 2.05) is 0 Å². The van der Waals surface area contributed by atoms with Crippen molar-refractivity contribution >= 4 is 11.7 Å². The maximum atomic E-state index is 13.6. The van der Waals surface area contributed by atoms with Gasteiger partial charge in [-0.05, 0) is 31.4 Å². The van der Waals surface area contributed by atoms with Gasteiger partial charge in [0.15, 0.2) is 0 Å². The summed E-state index contributed by atoms with van der Waals surface area (Å²) >= 11 is 0. The molecule has 2 amide bonds. The van der Waals surface area contributed by atoms with Gasteiger partial charge in [-0.3, -0.25) is 0 Å². The number of hydrogen-bond acceptors (Lipinski definition) is 1. The Hall–Kier alpha value is -1.65. The van der Waals surface area contributed by atoms with Gasteiger partial charge in [-0.2, -0.15) is 0 Å². The van der Waals surface area contributed by atoms with Crippen LogP contribution in [0.15, 0.2) is 12.1 Å². The van der Waals surface area contributed by atoms with E-state index in [1.165, 1.54) is 6.92 Å². The fourth-order valence-electron chi connectivity index (χ4n) is 2.21. The van der Waals surface area contributed by atoms with Gasteiger partial charge in [-0.25, -0.2) is 13.6 Å². The predicted molar refractivity (Wildman–Crippen MR) is 70.2 cm³/mol. The smallest absolute Gasteiger partial charge is 0.321 e. The fraction of sp³-hybridized carbons (Fsp3) is 0.500. The molecule has 104 valence electrons. The Balaban J connectivity index is 2.07. The van der Waals surface area contributed by atoms with Crippen LogP contribution >= 0.6 is 0 Å². The van der Waals surface area contributed by atoms with Crippen LogP contribution in [0, 0.1) is 18.6 Å². The summed E-state index contributed by atoms with van der Waals surface area (Å²) in [6, 6.07) is 1.76. The molecule has 0 radical (unpaired) electrons. The first-order chi connectivity index (χ1) is 9.08. The number of aryl methyl sites for hydroxylation is 1. The van der Waals surface area contributed by atoms with Gasteiger partial charge < -0.3 is 10.2 Å². The highest BCUT2D eigenvalue weighted by molar-refractivity contribution is 5.89. The molecule has 1 heterocycles. The van der Waals surface area contributed by atoms with Crippen molar-refractivity contribution in [3.05, 3.63) is 29.3 Å². The minimum Gasteiger partial charge on any atom is -0.325 e. The second-order valence-electron chi connectivity index (χ2n) is 4.91. The van der Waals surface area contributed by atoms with E-state index in [9.17, 15) is 13.6 Å². The molecule has 0 unspecified atom stereocenters. The molecule has 3 nitrogen and oxygen atoms in total. The van der Waals surface area contributed by atoms with Gasteiger partial charge in [-0.1, -0.05) is 12.8 Å². The summed E-state index contributed by atoms with van der Waals surface area (Å²) < 4.78 is 27.0. The van der Waals surface area contributed by atoms with Crippen molar-refractivity contribution in [1.29, 1.82) is 0 Å². The molecular weight excluding hydrogens is 250 g/mol. The Bertz CT molecular complexity index is 469. The van der Waals surface area contributed by atoms with Crippen LogP contribution in [-0.2, 0) is 0 Å². The number of benzene rings is 1. The number of amides is 2. The molecule has 0 atom stereocenters. The molecule has 0 aliphatic carbocycles. The van der Waals surface area contributed by atoms with Crippen molar-refractivity contribution in [1.82, 2.24) is 4.90 Å². The van der Waals surface area contributed by atoms with Crippen molar-refractivity contribution in [3.63, 3.8) is 0 Å². The van der Waals surface area contributed by atoms with Crippen LogP contribution in [0.25, 0.3) is 0 Å². The molecule has 1 aliphatic heterocycles. The van der Waals surface area contributed by atoms with E-state index in [-0.39, 0.29) is 17.3 Å². The number of nitrogens with one attached hydrogen (secondary N) is 1. The number of carbonyl (C=O) groups excluding carboxylic acids is 1. The summed E-state index contributed by atoms with van der Waals surface area (Å²) in [7, 11) is 0. The standard InChI is InChI=1S/C14H18F2N2O/c1-10-8-12(16)13(9-11(10)15)17-14(19)18-6-4-2-3-5-7-18/h8-9H,2-7H2,1H3,(H,17,19). The first-order valence-electron chi connectivity index (χ1n) is 6.59. The summed E-state index contributed by atoms with van der Waals surface area (Å²) in [5, 5.41) is 2.45. The molecule has 2 rings (SSSR count). The molecule has 1 aromatic carbocycles. The average Bonchev–Trinajstić information content (AvgIpc) is 2.64. The summed E-state index contributed by atoms with van der Waals surface area (Å²) in [5.74, 6) is -1.13. The van der Waals surface area contributed by atoms with Gasteiger partial charge in [0.2, 0.25) is 0 Å². The number of carbonyl (C=O) groups is 1. The second kappa shape index (κ2) is 5.99. The number of anilines is 1. The van der Waals surface area contributed by atoms with Crippen LogP contribution in [0.3, 0.4) is 0 Å².